The Kier molecular flexibility index (Phi) is 8.55. The number of alkyl halides is 3. The molecule has 1 aromatic heterocycles. The minimum Gasteiger partial charge on any atom is -0.597 e. The number of hydrogen-bond acceptors (Lipinski definition) is 5. The van der Waals surface area contributed by atoms with E-state index in [0.29, 0.717) is 0 Å². The van der Waals surface area contributed by atoms with E-state index in [2.05, 4.69) is 5.32 Å². The van der Waals surface area contributed by atoms with Crippen molar-refractivity contribution in [2.45, 2.75) is 41.0 Å². The van der Waals surface area contributed by atoms with Gasteiger partial charge in [-0.05, 0) is 23.9 Å². The molecule has 1 aliphatic heterocycles. The highest BCUT2D eigenvalue weighted by Crippen LogP contribution is 2.35. The second-order valence-electron chi connectivity index (χ2n) is 6.19. The average Bonchev–Trinajstić information content (AvgIpc) is 3.09. The summed E-state index contributed by atoms with van der Waals surface area (Å²) in [6.45, 7) is 1.44. The maximum Gasteiger partial charge on any atom is 0.330 e. The third-order valence-electron chi connectivity index (χ3n) is 4.10. The maximum atomic E-state index is 12.6. The van der Waals surface area contributed by atoms with Gasteiger partial charge >= 0.3 is 5.97 Å². The molecule has 1 fully saturated rings. The quantitative estimate of drug-likeness (QED) is 0.236. The van der Waals surface area contributed by atoms with E-state index in [-0.39, 0.29) is 18.4 Å². The fourth-order valence-electron chi connectivity index (χ4n) is 2.81. The summed E-state index contributed by atoms with van der Waals surface area (Å²) in [6, 6.07) is 0.885. The smallest absolute Gasteiger partial charge is 0.330 e. The van der Waals surface area contributed by atoms with Crippen molar-refractivity contribution in [2.75, 3.05) is 0 Å². The summed E-state index contributed by atoms with van der Waals surface area (Å²) in [7, 11) is 3.58. The van der Waals surface area contributed by atoms with Crippen molar-refractivity contribution < 1.29 is 24.0 Å². The molecule has 1 aliphatic rings. The molecule has 2 heterocycles. The second-order valence-corrected chi connectivity index (χ2v) is 11.6. The summed E-state index contributed by atoms with van der Waals surface area (Å²) in [6.07, 6.45) is 1.31. The molecular weight excluding hydrogens is 506 g/mol. The van der Waals surface area contributed by atoms with Gasteiger partial charge in [-0.3, -0.25) is 14.5 Å². The van der Waals surface area contributed by atoms with Gasteiger partial charge < -0.3 is 15.0 Å². The molecule has 0 spiro atoms. The van der Waals surface area contributed by atoms with Gasteiger partial charge in [0, 0.05) is 11.3 Å². The van der Waals surface area contributed by atoms with Crippen LogP contribution in [0, 0.1) is 0 Å². The van der Waals surface area contributed by atoms with E-state index in [1.807, 2.05) is 0 Å². The van der Waals surface area contributed by atoms with Crippen LogP contribution >= 0.6 is 56.8 Å². The zero-order valence-corrected chi connectivity index (χ0v) is 19.5. The molecule has 1 saturated heterocycles. The van der Waals surface area contributed by atoms with Crippen LogP contribution in [0.4, 0.5) is 0 Å². The van der Waals surface area contributed by atoms with Gasteiger partial charge in [-0.1, -0.05) is 46.9 Å². The van der Waals surface area contributed by atoms with Crippen molar-refractivity contribution in [3.8, 4) is 0 Å². The molecular formula is C16H16Cl4N2O5S2. The van der Waals surface area contributed by atoms with E-state index in [1.54, 1.807) is 17.5 Å². The van der Waals surface area contributed by atoms with Gasteiger partial charge in [-0.25, -0.2) is 4.79 Å². The number of carbonyl (C=O) groups excluding carboxylic acids is 2. The lowest BCUT2D eigenvalue weighted by Gasteiger charge is -2.46. The molecule has 29 heavy (non-hydrogen) atoms. The lowest BCUT2D eigenvalue weighted by atomic mass is 9.98. The van der Waals surface area contributed by atoms with Gasteiger partial charge in [0.1, 0.15) is 0 Å². The first-order valence-electron chi connectivity index (χ1n) is 8.09. The number of halogens is 4. The first-order valence-corrected chi connectivity index (χ1v) is 12.1. The number of likely N-dealkylation sites (tertiary alicyclic amines) is 1. The number of rotatable bonds is 8. The molecule has 2 amide bonds. The standard InChI is InChI=1S/C16H16Cl4N2O5S2/c1-8(4-5-16(17,18)19)12(15(25)26)22-13(24)11(14(22)29(20)27)21-10(23)7-9-3-2-6-28-9/h2-4,6,11-12,14H,5,7H2,1H3,(H,21,23)(H,25,26). The van der Waals surface area contributed by atoms with Gasteiger partial charge in [0.15, 0.2) is 26.6 Å². The SMILES string of the molecule is CC(=CCC(Cl)(Cl)Cl)C(C(=O)O)N1C(=O)C(NC(=O)Cc2cccs2)C1[S+]([O-])Cl. The van der Waals surface area contributed by atoms with E-state index in [1.165, 1.54) is 24.3 Å². The first kappa shape index (κ1) is 24.6. The molecule has 2 rings (SSSR count). The van der Waals surface area contributed by atoms with Crippen molar-refractivity contribution >= 4 is 85.0 Å². The minimum atomic E-state index is -2.14. The van der Waals surface area contributed by atoms with Crippen LogP contribution in [0.2, 0.25) is 0 Å². The Balaban J connectivity index is 2.17. The number of thiophene rings is 1. The number of β-lactam (4-membered cyclic amide) rings is 1. The number of allylic oxidation sites excluding steroid dienone is 1. The Morgan fingerprint density at radius 1 is 1.48 bits per heavy atom. The van der Waals surface area contributed by atoms with Crippen LogP contribution < -0.4 is 5.32 Å². The van der Waals surface area contributed by atoms with Gasteiger partial charge in [-0.2, -0.15) is 0 Å². The second kappa shape index (κ2) is 10.1. The van der Waals surface area contributed by atoms with Crippen molar-refractivity contribution in [1.29, 1.82) is 0 Å². The molecule has 160 valence electrons. The van der Waals surface area contributed by atoms with Crippen molar-refractivity contribution in [3.05, 3.63) is 34.0 Å². The summed E-state index contributed by atoms with van der Waals surface area (Å²) in [5.41, 5.74) is 0.202. The third-order valence-corrected chi connectivity index (χ3v) is 6.87. The lowest BCUT2D eigenvalue weighted by molar-refractivity contribution is -0.160. The normalized spacial score (nSPS) is 22.1. The summed E-state index contributed by atoms with van der Waals surface area (Å²) < 4.78 is 10.4. The van der Waals surface area contributed by atoms with E-state index in [0.717, 1.165) is 9.78 Å². The van der Waals surface area contributed by atoms with Crippen LogP contribution in [0.1, 0.15) is 18.2 Å². The number of carboxylic acid groups (broad SMARTS) is 1. The molecule has 0 aromatic carbocycles. The number of nitrogens with one attached hydrogen (secondary N) is 1. The number of aliphatic carboxylic acids is 1. The van der Waals surface area contributed by atoms with E-state index < -0.39 is 49.4 Å². The zero-order valence-electron chi connectivity index (χ0n) is 14.8. The van der Waals surface area contributed by atoms with Gasteiger partial charge in [-0.15, -0.1) is 11.3 Å². The van der Waals surface area contributed by atoms with Gasteiger partial charge in [0.05, 0.1) is 16.8 Å². The summed E-state index contributed by atoms with van der Waals surface area (Å²) >= 11 is 18.4. The molecule has 1 aromatic rings. The molecule has 0 aliphatic carbocycles. The van der Waals surface area contributed by atoms with Crippen molar-refractivity contribution in [3.63, 3.8) is 0 Å². The minimum absolute atomic E-state index is 0.0353. The Hall–Kier alpha value is -0.680. The van der Waals surface area contributed by atoms with Crippen LogP contribution in [0.25, 0.3) is 0 Å². The lowest BCUT2D eigenvalue weighted by Crippen LogP contribution is -2.75. The number of nitrogens with zero attached hydrogens (tertiary/aromatic N) is 1. The number of carboxylic acids is 1. The Bertz CT molecular complexity index is 798. The van der Waals surface area contributed by atoms with Gasteiger partial charge in [0.25, 0.3) is 5.91 Å². The average molecular weight is 522 g/mol. The molecule has 0 radical (unpaired) electrons. The highest BCUT2D eigenvalue weighted by molar-refractivity contribution is 8.14. The fourth-order valence-corrected chi connectivity index (χ4v) is 5.11. The van der Waals surface area contributed by atoms with Crippen LogP contribution in [-0.4, -0.2) is 53.6 Å². The van der Waals surface area contributed by atoms with Crippen LogP contribution in [0.5, 0.6) is 0 Å². The van der Waals surface area contributed by atoms with E-state index >= 15 is 0 Å². The van der Waals surface area contributed by atoms with Crippen molar-refractivity contribution in [2.24, 2.45) is 0 Å². The number of hydrogen-bond donors (Lipinski definition) is 2. The largest absolute Gasteiger partial charge is 0.597 e. The van der Waals surface area contributed by atoms with Crippen LogP contribution in [0.3, 0.4) is 0 Å². The van der Waals surface area contributed by atoms with E-state index in [9.17, 15) is 24.0 Å². The zero-order chi connectivity index (χ0) is 21.9. The predicted octanol–water partition coefficient (Wildman–Crippen LogP) is 3.01. The summed E-state index contributed by atoms with van der Waals surface area (Å²) in [4.78, 5) is 38.3. The molecule has 0 bridgehead atoms. The first-order chi connectivity index (χ1) is 13.4. The monoisotopic (exact) mass is 520 g/mol. The van der Waals surface area contributed by atoms with Gasteiger partial charge in [0.2, 0.25) is 11.3 Å². The predicted molar refractivity (Wildman–Crippen MR) is 115 cm³/mol. The molecule has 0 saturated carbocycles. The number of amides is 2. The fraction of sp³-hybridized carbons (Fsp3) is 0.438. The van der Waals surface area contributed by atoms with E-state index in [4.69, 9.17) is 45.5 Å². The Morgan fingerprint density at radius 2 is 2.14 bits per heavy atom. The topological polar surface area (TPSA) is 110 Å². The van der Waals surface area contributed by atoms with Crippen LogP contribution in [0.15, 0.2) is 29.2 Å². The molecule has 4 unspecified atom stereocenters. The highest BCUT2D eigenvalue weighted by Gasteiger charge is 2.60. The number of carbonyl (C=O) groups is 3. The highest BCUT2D eigenvalue weighted by atomic mass is 35.7. The molecule has 7 nitrogen and oxygen atoms in total. The summed E-state index contributed by atoms with van der Waals surface area (Å²) in [5.74, 6) is -2.54. The Morgan fingerprint density at radius 3 is 2.62 bits per heavy atom. The van der Waals surface area contributed by atoms with Crippen molar-refractivity contribution in [1.82, 2.24) is 10.2 Å². The molecule has 4 atom stereocenters. The Labute approximate surface area is 193 Å². The maximum absolute atomic E-state index is 12.6. The summed E-state index contributed by atoms with van der Waals surface area (Å²) in [5, 5.41) is 12.7. The van der Waals surface area contributed by atoms with Crippen LogP contribution in [-0.2, 0) is 31.2 Å². The third kappa shape index (κ3) is 6.40. The molecule has 13 heteroatoms. The molecule has 2 N–H and O–H groups in total.